The molecule has 0 aliphatic rings. The smallest absolute Gasteiger partial charge is 0.378 e. The first-order chi connectivity index (χ1) is 16.3. The molecule has 0 amide bonds. The summed E-state index contributed by atoms with van der Waals surface area (Å²) in [5.41, 5.74) is -0.230. The van der Waals surface area contributed by atoms with Crippen molar-refractivity contribution in [2.24, 2.45) is 0 Å². The van der Waals surface area contributed by atoms with E-state index in [4.69, 9.17) is 24.7 Å². The van der Waals surface area contributed by atoms with Gasteiger partial charge in [-0.15, -0.1) is 0 Å². The van der Waals surface area contributed by atoms with Crippen LogP contribution in [0.3, 0.4) is 0 Å². The third-order valence-electron chi connectivity index (χ3n) is 4.47. The second-order valence-electron chi connectivity index (χ2n) is 6.90. The molecule has 0 saturated carbocycles. The highest BCUT2D eigenvalue weighted by Gasteiger charge is 2.25. The third kappa shape index (κ3) is 6.16. The number of thioether (sulfide) groups is 1. The molecule has 2 aromatic carbocycles. The van der Waals surface area contributed by atoms with Gasteiger partial charge in [0, 0.05) is 12.5 Å². The molecule has 3 aromatic rings. The van der Waals surface area contributed by atoms with Crippen molar-refractivity contribution < 1.29 is 27.5 Å². The van der Waals surface area contributed by atoms with Crippen LogP contribution in [0.25, 0.3) is 0 Å². The highest BCUT2D eigenvalue weighted by atomic mass is 32.2. The Morgan fingerprint density at radius 3 is 2.53 bits per heavy atom. The number of carbonyl (C=O) groups excluding carboxylic acids is 1. The van der Waals surface area contributed by atoms with Crippen LogP contribution in [0.5, 0.6) is 5.75 Å². The normalized spacial score (nSPS) is 10.6. The fourth-order valence-corrected chi connectivity index (χ4v) is 3.58. The van der Waals surface area contributed by atoms with E-state index in [1.165, 1.54) is 6.07 Å². The van der Waals surface area contributed by atoms with E-state index in [0.29, 0.717) is 17.8 Å². The van der Waals surface area contributed by atoms with Gasteiger partial charge in [0.05, 0.1) is 17.2 Å². The van der Waals surface area contributed by atoms with E-state index in [0.717, 1.165) is 17.9 Å². The molecule has 0 radical (unpaired) electrons. The Kier molecular flexibility index (Phi) is 8.31. The number of halogens is 2. The monoisotopic (exact) mass is 486 g/mol. The minimum absolute atomic E-state index is 0.0401. The van der Waals surface area contributed by atoms with Gasteiger partial charge in [0.15, 0.2) is 0 Å². The molecule has 0 atom stereocenters. The van der Waals surface area contributed by atoms with Gasteiger partial charge in [-0.1, -0.05) is 48.2 Å². The number of benzene rings is 2. The summed E-state index contributed by atoms with van der Waals surface area (Å²) < 4.78 is 42.8. The van der Waals surface area contributed by atoms with E-state index in [1.54, 1.807) is 31.2 Å². The summed E-state index contributed by atoms with van der Waals surface area (Å²) in [4.78, 5) is 25.3. The van der Waals surface area contributed by atoms with E-state index in [2.05, 4.69) is 0 Å². The standard InChI is InChI=1S/C24H20F2N2O5S/c1-2-31-24(30)22-21(32-12-14-6-4-3-5-7-14)20(29)17(13-33-22)23(28)34-19(27)10-15-8-9-16(25)11-18(15)26/h3-9,11,13,27-28H,2,10,12H2,1H3. The van der Waals surface area contributed by atoms with Crippen LogP contribution in [0.2, 0.25) is 0 Å². The lowest BCUT2D eigenvalue weighted by Crippen LogP contribution is -2.21. The van der Waals surface area contributed by atoms with Gasteiger partial charge in [0.25, 0.3) is 5.76 Å². The molecule has 0 aliphatic carbocycles. The number of carbonyl (C=O) groups is 1. The maximum atomic E-state index is 13.9. The molecule has 1 heterocycles. The van der Waals surface area contributed by atoms with E-state index in [9.17, 15) is 18.4 Å². The lowest BCUT2D eigenvalue weighted by Gasteiger charge is -2.11. The first kappa shape index (κ1) is 24.8. The van der Waals surface area contributed by atoms with E-state index < -0.39 is 34.5 Å². The van der Waals surface area contributed by atoms with Crippen LogP contribution in [0, 0.1) is 22.5 Å². The Balaban J connectivity index is 1.83. The Bertz CT molecular complexity index is 1280. The predicted octanol–water partition coefficient (Wildman–Crippen LogP) is 4.95. The molecule has 10 heteroatoms. The highest BCUT2D eigenvalue weighted by Crippen LogP contribution is 2.22. The Morgan fingerprint density at radius 2 is 1.85 bits per heavy atom. The van der Waals surface area contributed by atoms with Crippen LogP contribution in [-0.4, -0.2) is 22.7 Å². The zero-order valence-corrected chi connectivity index (χ0v) is 18.8. The zero-order chi connectivity index (χ0) is 24.7. The number of esters is 1. The summed E-state index contributed by atoms with van der Waals surface area (Å²) in [6.07, 6.45) is 0.716. The second-order valence-corrected chi connectivity index (χ2v) is 8.00. The Hall–Kier alpha value is -3.79. The molecule has 0 fully saturated rings. The van der Waals surface area contributed by atoms with Crippen molar-refractivity contribution >= 4 is 27.8 Å². The molecule has 34 heavy (non-hydrogen) atoms. The first-order valence-electron chi connectivity index (χ1n) is 10.1. The summed E-state index contributed by atoms with van der Waals surface area (Å²) in [5, 5.41) is 15.8. The first-order valence-corrected chi connectivity index (χ1v) is 10.9. The summed E-state index contributed by atoms with van der Waals surface area (Å²) in [6, 6.07) is 11.9. The number of hydrogen-bond acceptors (Lipinski definition) is 8. The maximum absolute atomic E-state index is 13.9. The molecular weight excluding hydrogens is 466 g/mol. The summed E-state index contributed by atoms with van der Waals surface area (Å²) in [6.45, 7) is 1.60. The van der Waals surface area contributed by atoms with Crippen LogP contribution in [0.4, 0.5) is 8.78 Å². The van der Waals surface area contributed by atoms with E-state index in [-0.39, 0.29) is 40.8 Å². The topological polar surface area (TPSA) is 113 Å². The van der Waals surface area contributed by atoms with Crippen molar-refractivity contribution in [2.45, 2.75) is 20.0 Å². The molecule has 3 rings (SSSR count). The van der Waals surface area contributed by atoms with Crippen molar-refractivity contribution in [3.05, 3.63) is 99.1 Å². The van der Waals surface area contributed by atoms with Crippen LogP contribution < -0.4 is 10.2 Å². The number of rotatable bonds is 8. The molecule has 0 spiro atoms. The Morgan fingerprint density at radius 1 is 1.12 bits per heavy atom. The summed E-state index contributed by atoms with van der Waals surface area (Å²) in [7, 11) is 0. The van der Waals surface area contributed by atoms with Gasteiger partial charge in [-0.3, -0.25) is 15.6 Å². The Labute approximate surface area is 197 Å². The van der Waals surface area contributed by atoms with E-state index >= 15 is 0 Å². The fraction of sp³-hybridized carbons (Fsp3) is 0.167. The average molecular weight is 486 g/mol. The molecule has 0 unspecified atom stereocenters. The van der Waals surface area contributed by atoms with Crippen LogP contribution >= 0.6 is 11.8 Å². The van der Waals surface area contributed by atoms with Crippen LogP contribution in [0.15, 0.2) is 64.0 Å². The molecule has 2 N–H and O–H groups in total. The molecule has 0 aliphatic heterocycles. The number of ether oxygens (including phenoxy) is 2. The van der Waals surface area contributed by atoms with Crippen molar-refractivity contribution in [3.63, 3.8) is 0 Å². The van der Waals surface area contributed by atoms with Gasteiger partial charge in [-0.2, -0.15) is 0 Å². The van der Waals surface area contributed by atoms with Crippen molar-refractivity contribution in [1.82, 2.24) is 0 Å². The highest BCUT2D eigenvalue weighted by molar-refractivity contribution is 8.26. The summed E-state index contributed by atoms with van der Waals surface area (Å²) >= 11 is 0.597. The van der Waals surface area contributed by atoms with Gasteiger partial charge in [-0.05, 0) is 24.1 Å². The number of hydrogen-bond donors (Lipinski definition) is 2. The van der Waals surface area contributed by atoms with Gasteiger partial charge in [-0.25, -0.2) is 13.6 Å². The van der Waals surface area contributed by atoms with Gasteiger partial charge < -0.3 is 13.9 Å². The van der Waals surface area contributed by atoms with Crippen LogP contribution in [-0.2, 0) is 17.8 Å². The maximum Gasteiger partial charge on any atom is 0.378 e. The van der Waals surface area contributed by atoms with Crippen molar-refractivity contribution in [1.29, 1.82) is 10.8 Å². The van der Waals surface area contributed by atoms with Gasteiger partial charge in [0.1, 0.15) is 29.5 Å². The summed E-state index contributed by atoms with van der Waals surface area (Å²) in [5.74, 6) is -3.30. The van der Waals surface area contributed by atoms with Gasteiger partial charge >= 0.3 is 5.97 Å². The van der Waals surface area contributed by atoms with Crippen molar-refractivity contribution in [2.75, 3.05) is 6.61 Å². The second kappa shape index (κ2) is 11.4. The molecular formula is C24H20F2N2O5S. The minimum atomic E-state index is -0.895. The van der Waals surface area contributed by atoms with Crippen LogP contribution in [0.1, 0.15) is 34.2 Å². The predicted molar refractivity (Wildman–Crippen MR) is 124 cm³/mol. The minimum Gasteiger partial charge on any atom is -0.481 e. The SMILES string of the molecule is CCOC(=O)c1occ(C(=N)SC(=N)Cc2ccc(F)cc2F)c(=O)c1OCc1ccccc1. The van der Waals surface area contributed by atoms with E-state index in [1.807, 2.05) is 6.07 Å². The lowest BCUT2D eigenvalue weighted by atomic mass is 10.1. The lowest BCUT2D eigenvalue weighted by molar-refractivity contribution is 0.0478. The van der Waals surface area contributed by atoms with Crippen molar-refractivity contribution in [3.8, 4) is 5.75 Å². The third-order valence-corrected chi connectivity index (χ3v) is 5.29. The largest absolute Gasteiger partial charge is 0.481 e. The molecule has 1 aromatic heterocycles. The molecule has 0 saturated heterocycles. The molecule has 7 nitrogen and oxygen atoms in total. The van der Waals surface area contributed by atoms with Gasteiger partial charge in [0.2, 0.25) is 11.2 Å². The quantitative estimate of drug-likeness (QED) is 0.265. The molecule has 176 valence electrons. The fourth-order valence-electron chi connectivity index (χ4n) is 2.86. The molecule has 0 bridgehead atoms. The average Bonchev–Trinajstić information content (AvgIpc) is 2.80. The number of nitrogens with one attached hydrogen (secondary N) is 2. The zero-order valence-electron chi connectivity index (χ0n) is 18.0.